The molecule has 0 N–H and O–H groups in total. The first-order valence-corrected chi connectivity index (χ1v) is 8.23. The number of hydrazone groups is 1. The smallest absolute Gasteiger partial charge is 0.270 e. The lowest BCUT2D eigenvalue weighted by Crippen LogP contribution is -2.55. The number of piperidine rings is 1. The van der Waals surface area contributed by atoms with E-state index in [2.05, 4.69) is 16.9 Å². The van der Waals surface area contributed by atoms with Crippen molar-refractivity contribution in [3.05, 3.63) is 0 Å². The maximum atomic E-state index is 12.9. The van der Waals surface area contributed by atoms with E-state index in [1.54, 1.807) is 7.05 Å². The number of hydrogen-bond acceptors (Lipinski definition) is 3. The summed E-state index contributed by atoms with van der Waals surface area (Å²) in [5.41, 5.74) is 0.565. The molecule has 3 rings (SSSR count). The van der Waals surface area contributed by atoms with Gasteiger partial charge in [-0.1, -0.05) is 13.3 Å². The van der Waals surface area contributed by atoms with Crippen LogP contribution in [0.4, 0.5) is 0 Å². The van der Waals surface area contributed by atoms with Crippen LogP contribution in [0.5, 0.6) is 0 Å². The average Bonchev–Trinajstić information content (AvgIpc) is 2.49. The molecular formula is C16H25N3O2. The number of carbonyl (C=O) groups excluding carboxylic acids is 2. The van der Waals surface area contributed by atoms with Crippen molar-refractivity contribution in [2.24, 2.45) is 16.9 Å². The minimum Gasteiger partial charge on any atom is -0.334 e. The van der Waals surface area contributed by atoms with Gasteiger partial charge in [0.2, 0.25) is 5.91 Å². The fourth-order valence-corrected chi connectivity index (χ4v) is 4.28. The molecule has 0 aromatic carbocycles. The number of amides is 2. The van der Waals surface area contributed by atoms with Crippen LogP contribution in [0.1, 0.15) is 51.9 Å². The van der Waals surface area contributed by atoms with Crippen molar-refractivity contribution in [1.82, 2.24) is 9.91 Å². The highest BCUT2D eigenvalue weighted by atomic mass is 16.2. The summed E-state index contributed by atoms with van der Waals surface area (Å²) in [6.07, 6.45) is 7.01. The highest BCUT2D eigenvalue weighted by Crippen LogP contribution is 2.38. The molecule has 3 aliphatic rings. The number of rotatable bonds is 1. The zero-order chi connectivity index (χ0) is 15.0. The maximum Gasteiger partial charge on any atom is 0.270 e. The molecule has 0 aromatic heterocycles. The van der Waals surface area contributed by atoms with Crippen molar-refractivity contribution in [2.75, 3.05) is 13.6 Å². The number of fused-ring (bicyclic) bond motifs is 1. The summed E-state index contributed by atoms with van der Waals surface area (Å²) in [5.74, 6) is 1.30. The molecule has 2 heterocycles. The van der Waals surface area contributed by atoms with Crippen LogP contribution >= 0.6 is 0 Å². The fraction of sp³-hybridized carbons (Fsp3) is 0.812. The molecule has 1 aliphatic carbocycles. The molecule has 2 amide bonds. The largest absolute Gasteiger partial charge is 0.334 e. The van der Waals surface area contributed by atoms with Gasteiger partial charge in [-0.05, 0) is 37.5 Å². The highest BCUT2D eigenvalue weighted by molar-refractivity contribution is 6.39. The van der Waals surface area contributed by atoms with Crippen LogP contribution in [0.3, 0.4) is 0 Å². The van der Waals surface area contributed by atoms with Gasteiger partial charge in [-0.15, -0.1) is 0 Å². The van der Waals surface area contributed by atoms with Crippen molar-refractivity contribution < 1.29 is 9.59 Å². The van der Waals surface area contributed by atoms with E-state index >= 15 is 0 Å². The Balaban J connectivity index is 1.80. The lowest BCUT2D eigenvalue weighted by molar-refractivity contribution is -0.133. The molecule has 21 heavy (non-hydrogen) atoms. The van der Waals surface area contributed by atoms with E-state index in [1.165, 1.54) is 30.7 Å². The van der Waals surface area contributed by atoms with Crippen molar-refractivity contribution in [3.8, 4) is 0 Å². The zero-order valence-corrected chi connectivity index (χ0v) is 13.0. The van der Waals surface area contributed by atoms with E-state index in [4.69, 9.17) is 0 Å². The number of likely N-dealkylation sites (tertiary alicyclic amines) is 1. The van der Waals surface area contributed by atoms with Gasteiger partial charge < -0.3 is 4.90 Å². The van der Waals surface area contributed by atoms with Gasteiger partial charge in [-0.25, -0.2) is 5.01 Å². The Hall–Kier alpha value is -1.39. The Morgan fingerprint density at radius 3 is 2.71 bits per heavy atom. The van der Waals surface area contributed by atoms with Crippen molar-refractivity contribution in [3.63, 3.8) is 0 Å². The van der Waals surface area contributed by atoms with Crippen LogP contribution in [0.2, 0.25) is 0 Å². The summed E-state index contributed by atoms with van der Waals surface area (Å²) < 4.78 is 0. The Morgan fingerprint density at radius 1 is 1.19 bits per heavy atom. The van der Waals surface area contributed by atoms with E-state index in [-0.39, 0.29) is 11.8 Å². The topological polar surface area (TPSA) is 53.0 Å². The molecular weight excluding hydrogens is 266 g/mol. The first kappa shape index (κ1) is 14.5. The summed E-state index contributed by atoms with van der Waals surface area (Å²) >= 11 is 0. The second-order valence-corrected chi connectivity index (χ2v) is 6.76. The van der Waals surface area contributed by atoms with Crippen LogP contribution in [0, 0.1) is 11.8 Å². The molecule has 0 radical (unpaired) electrons. The lowest BCUT2D eigenvalue weighted by atomic mass is 9.73. The molecule has 0 bridgehead atoms. The van der Waals surface area contributed by atoms with Gasteiger partial charge in [0.1, 0.15) is 5.71 Å². The minimum absolute atomic E-state index is 0.00546. The van der Waals surface area contributed by atoms with Gasteiger partial charge in [0.15, 0.2) is 0 Å². The third-order valence-corrected chi connectivity index (χ3v) is 5.35. The molecule has 1 saturated heterocycles. The number of nitrogens with zero attached hydrogens (tertiary/aromatic N) is 3. The SMILES string of the molecule is CC1CCCC2CCCN(C(=O)C3=NN(C)C(=O)CC3)C12. The van der Waals surface area contributed by atoms with Gasteiger partial charge in [0, 0.05) is 32.5 Å². The fourth-order valence-electron chi connectivity index (χ4n) is 4.28. The first-order valence-electron chi connectivity index (χ1n) is 8.23. The van der Waals surface area contributed by atoms with Gasteiger partial charge in [0.25, 0.3) is 5.91 Å². The summed E-state index contributed by atoms with van der Waals surface area (Å²) in [6.45, 7) is 3.13. The third-order valence-electron chi connectivity index (χ3n) is 5.35. The molecule has 5 heteroatoms. The number of hydrogen-bond donors (Lipinski definition) is 0. The normalized spacial score (nSPS) is 33.5. The molecule has 5 nitrogen and oxygen atoms in total. The highest BCUT2D eigenvalue weighted by Gasteiger charge is 2.41. The first-order chi connectivity index (χ1) is 10.1. The third kappa shape index (κ3) is 2.70. The predicted octanol–water partition coefficient (Wildman–Crippen LogP) is 2.02. The van der Waals surface area contributed by atoms with Gasteiger partial charge in [0.05, 0.1) is 0 Å². The van der Waals surface area contributed by atoms with Gasteiger partial charge in [-0.2, -0.15) is 5.10 Å². The molecule has 2 aliphatic heterocycles. The second kappa shape index (κ2) is 5.78. The van der Waals surface area contributed by atoms with E-state index in [0.717, 1.165) is 13.0 Å². The zero-order valence-electron chi connectivity index (χ0n) is 13.0. The van der Waals surface area contributed by atoms with E-state index in [9.17, 15) is 9.59 Å². The Kier molecular flexibility index (Phi) is 4.00. The van der Waals surface area contributed by atoms with Crippen LogP contribution in [0.15, 0.2) is 5.10 Å². The molecule has 3 unspecified atom stereocenters. The molecule has 1 saturated carbocycles. The van der Waals surface area contributed by atoms with E-state index in [0.29, 0.717) is 36.4 Å². The molecule has 2 fully saturated rings. The summed E-state index contributed by atoms with van der Waals surface area (Å²) in [4.78, 5) is 26.4. The van der Waals surface area contributed by atoms with Crippen molar-refractivity contribution >= 4 is 17.5 Å². The average molecular weight is 291 g/mol. The molecule has 116 valence electrons. The quantitative estimate of drug-likeness (QED) is 0.742. The van der Waals surface area contributed by atoms with Crippen molar-refractivity contribution in [1.29, 1.82) is 0 Å². The van der Waals surface area contributed by atoms with Crippen LogP contribution in [-0.2, 0) is 9.59 Å². The Labute approximate surface area is 126 Å². The van der Waals surface area contributed by atoms with Crippen LogP contribution in [-0.4, -0.2) is 47.1 Å². The standard InChI is InChI=1S/C16H25N3O2/c1-11-5-3-6-12-7-4-10-19(15(11)12)16(21)13-8-9-14(20)18(2)17-13/h11-12,15H,3-10H2,1-2H3. The lowest BCUT2D eigenvalue weighted by Gasteiger charge is -2.47. The minimum atomic E-state index is -0.00546. The Morgan fingerprint density at radius 2 is 1.95 bits per heavy atom. The molecule has 3 atom stereocenters. The van der Waals surface area contributed by atoms with Crippen LogP contribution < -0.4 is 0 Å². The summed E-state index contributed by atoms with van der Waals surface area (Å²) in [6, 6.07) is 0.380. The second-order valence-electron chi connectivity index (χ2n) is 6.76. The monoisotopic (exact) mass is 291 g/mol. The summed E-state index contributed by atoms with van der Waals surface area (Å²) in [5, 5.41) is 5.53. The van der Waals surface area contributed by atoms with Gasteiger partial charge >= 0.3 is 0 Å². The summed E-state index contributed by atoms with van der Waals surface area (Å²) in [7, 11) is 1.64. The Bertz CT molecular complexity index is 472. The molecule has 0 aromatic rings. The maximum absolute atomic E-state index is 12.9. The van der Waals surface area contributed by atoms with Gasteiger partial charge in [-0.3, -0.25) is 9.59 Å². The van der Waals surface area contributed by atoms with Crippen molar-refractivity contribution in [2.45, 2.75) is 57.9 Å². The van der Waals surface area contributed by atoms with E-state index in [1.807, 2.05) is 0 Å². The van der Waals surface area contributed by atoms with Crippen LogP contribution in [0.25, 0.3) is 0 Å². The number of carbonyl (C=O) groups is 2. The van der Waals surface area contributed by atoms with E-state index < -0.39 is 0 Å². The predicted molar refractivity (Wildman–Crippen MR) is 80.7 cm³/mol. The molecule has 0 spiro atoms.